The predicted octanol–water partition coefficient (Wildman–Crippen LogP) is 3.62. The molecule has 1 aromatic heterocycles. The molecule has 1 aliphatic carbocycles. The van der Waals surface area contributed by atoms with E-state index < -0.39 is 4.33 Å². The molecule has 3 rings (SSSR count). The Morgan fingerprint density at radius 1 is 1.38 bits per heavy atom. The van der Waals surface area contributed by atoms with Gasteiger partial charge >= 0.3 is 0 Å². The van der Waals surface area contributed by atoms with Crippen LogP contribution in [0.1, 0.15) is 17.8 Å². The van der Waals surface area contributed by atoms with Gasteiger partial charge in [0.05, 0.1) is 23.0 Å². The minimum atomic E-state index is -0.919. The summed E-state index contributed by atoms with van der Waals surface area (Å²) in [4.78, 5) is 12.2. The number of aryl methyl sites for hydroxylation is 2. The van der Waals surface area contributed by atoms with E-state index in [2.05, 4.69) is 10.4 Å². The minimum Gasteiger partial charge on any atom is -0.324 e. The van der Waals surface area contributed by atoms with Crippen LogP contribution in [0.3, 0.4) is 0 Å². The van der Waals surface area contributed by atoms with Crippen molar-refractivity contribution in [3.05, 3.63) is 41.7 Å². The molecule has 0 radical (unpaired) electrons. The molecule has 1 unspecified atom stereocenters. The number of halogens is 2. The van der Waals surface area contributed by atoms with Crippen LogP contribution < -0.4 is 5.32 Å². The number of nitrogens with zero attached hydrogens (tertiary/aromatic N) is 2. The fourth-order valence-corrected chi connectivity index (χ4v) is 2.86. The molecule has 2 aromatic rings. The van der Waals surface area contributed by atoms with Crippen LogP contribution in [0.15, 0.2) is 30.3 Å². The second-order valence-electron chi connectivity index (χ2n) is 5.36. The van der Waals surface area contributed by atoms with Gasteiger partial charge in [-0.2, -0.15) is 5.10 Å². The standard InChI is InChI=1S/C15H15Cl2N3O/c1-9-7-10(2)20(19-9)13-6-4-3-5-12(13)18-14(21)11-8-15(11,16)17/h3-7,11H,8H2,1-2H3,(H,18,21). The minimum absolute atomic E-state index is 0.158. The fraction of sp³-hybridized carbons (Fsp3) is 0.333. The Balaban J connectivity index is 1.90. The second-order valence-corrected chi connectivity index (χ2v) is 6.91. The van der Waals surface area contributed by atoms with Gasteiger partial charge in [0.25, 0.3) is 0 Å². The maximum Gasteiger partial charge on any atom is 0.230 e. The molecule has 4 nitrogen and oxygen atoms in total. The number of rotatable bonds is 3. The largest absolute Gasteiger partial charge is 0.324 e. The van der Waals surface area contributed by atoms with Crippen LogP contribution >= 0.6 is 23.2 Å². The van der Waals surface area contributed by atoms with Crippen LogP contribution in [0.4, 0.5) is 5.69 Å². The lowest BCUT2D eigenvalue weighted by Crippen LogP contribution is -2.18. The summed E-state index contributed by atoms with van der Waals surface area (Å²) in [7, 11) is 0. The van der Waals surface area contributed by atoms with E-state index in [9.17, 15) is 4.79 Å². The summed E-state index contributed by atoms with van der Waals surface area (Å²) in [6, 6.07) is 9.52. The van der Waals surface area contributed by atoms with Gasteiger partial charge in [0, 0.05) is 5.69 Å². The lowest BCUT2D eigenvalue weighted by atomic mass is 10.2. The zero-order valence-electron chi connectivity index (χ0n) is 11.7. The zero-order valence-corrected chi connectivity index (χ0v) is 13.2. The number of nitrogens with one attached hydrogen (secondary N) is 1. The Kier molecular flexibility index (Phi) is 3.46. The molecule has 1 aromatic carbocycles. The molecule has 1 N–H and O–H groups in total. The molecule has 0 aliphatic heterocycles. The number of amides is 1. The molecule has 1 amide bonds. The zero-order chi connectivity index (χ0) is 15.2. The van der Waals surface area contributed by atoms with Crippen molar-refractivity contribution in [3.8, 4) is 5.69 Å². The van der Waals surface area contributed by atoms with Gasteiger partial charge in [-0.3, -0.25) is 4.79 Å². The van der Waals surface area contributed by atoms with Crippen molar-refractivity contribution in [2.75, 3.05) is 5.32 Å². The highest BCUT2D eigenvalue weighted by Crippen LogP contribution is 2.53. The summed E-state index contributed by atoms with van der Waals surface area (Å²) in [5.74, 6) is -0.511. The van der Waals surface area contributed by atoms with Gasteiger partial charge < -0.3 is 5.32 Å². The van der Waals surface area contributed by atoms with Crippen molar-refractivity contribution >= 4 is 34.8 Å². The van der Waals surface area contributed by atoms with Crippen molar-refractivity contribution in [2.45, 2.75) is 24.6 Å². The Labute approximate surface area is 133 Å². The van der Waals surface area contributed by atoms with Crippen molar-refractivity contribution < 1.29 is 4.79 Å². The molecule has 1 atom stereocenters. The third-order valence-electron chi connectivity index (χ3n) is 3.54. The number of anilines is 1. The Morgan fingerprint density at radius 2 is 2.05 bits per heavy atom. The molecule has 1 saturated carbocycles. The Hall–Kier alpha value is -1.52. The predicted molar refractivity (Wildman–Crippen MR) is 84.2 cm³/mol. The van der Waals surface area contributed by atoms with E-state index in [4.69, 9.17) is 23.2 Å². The SMILES string of the molecule is Cc1cc(C)n(-c2ccccc2NC(=O)C2CC2(Cl)Cl)n1. The summed E-state index contributed by atoms with van der Waals surface area (Å²) in [6.45, 7) is 3.91. The Morgan fingerprint density at radius 3 is 2.62 bits per heavy atom. The van der Waals surface area contributed by atoms with Crippen LogP contribution in [-0.4, -0.2) is 20.0 Å². The highest BCUT2D eigenvalue weighted by atomic mass is 35.5. The van der Waals surface area contributed by atoms with Gasteiger partial charge in [0.1, 0.15) is 4.33 Å². The lowest BCUT2D eigenvalue weighted by molar-refractivity contribution is -0.117. The highest BCUT2D eigenvalue weighted by molar-refractivity contribution is 6.52. The van der Waals surface area contributed by atoms with Crippen LogP contribution in [0.2, 0.25) is 0 Å². The van der Waals surface area contributed by atoms with Crippen molar-refractivity contribution in [1.29, 1.82) is 0 Å². The first-order valence-corrected chi connectivity index (χ1v) is 7.45. The first-order valence-electron chi connectivity index (χ1n) is 6.70. The maximum atomic E-state index is 12.2. The van der Waals surface area contributed by atoms with Crippen LogP contribution in [0.25, 0.3) is 5.69 Å². The van der Waals surface area contributed by atoms with Crippen LogP contribution in [0, 0.1) is 19.8 Å². The van der Waals surface area contributed by atoms with E-state index >= 15 is 0 Å². The van der Waals surface area contributed by atoms with Crippen LogP contribution in [0.5, 0.6) is 0 Å². The number of hydrogen-bond donors (Lipinski definition) is 1. The molecule has 1 aliphatic rings. The van der Waals surface area contributed by atoms with Gasteiger partial charge in [-0.25, -0.2) is 4.68 Å². The number of carbonyl (C=O) groups is 1. The highest BCUT2D eigenvalue weighted by Gasteiger charge is 2.56. The molecule has 21 heavy (non-hydrogen) atoms. The summed E-state index contributed by atoms with van der Waals surface area (Å²) >= 11 is 11.9. The normalized spacial score (nSPS) is 19.3. The van der Waals surface area contributed by atoms with Crippen molar-refractivity contribution in [1.82, 2.24) is 9.78 Å². The average molecular weight is 324 g/mol. The third kappa shape index (κ3) is 2.78. The molecule has 1 fully saturated rings. The van der Waals surface area contributed by atoms with Gasteiger partial charge in [-0.15, -0.1) is 23.2 Å². The third-order valence-corrected chi connectivity index (χ3v) is 4.38. The van der Waals surface area contributed by atoms with Crippen molar-refractivity contribution in [3.63, 3.8) is 0 Å². The number of benzene rings is 1. The molecule has 6 heteroatoms. The number of carbonyl (C=O) groups excluding carboxylic acids is 1. The summed E-state index contributed by atoms with van der Waals surface area (Å²) in [5.41, 5.74) is 3.46. The summed E-state index contributed by atoms with van der Waals surface area (Å²) in [5, 5.41) is 7.35. The molecule has 110 valence electrons. The first-order chi connectivity index (χ1) is 9.88. The summed E-state index contributed by atoms with van der Waals surface area (Å²) < 4.78 is 0.893. The van der Waals surface area contributed by atoms with E-state index in [0.29, 0.717) is 12.1 Å². The number of alkyl halides is 2. The molecule has 0 saturated heterocycles. The number of hydrogen-bond acceptors (Lipinski definition) is 2. The van der Waals surface area contributed by atoms with E-state index in [1.54, 1.807) is 0 Å². The van der Waals surface area contributed by atoms with Gasteiger partial charge in [-0.1, -0.05) is 12.1 Å². The second kappa shape index (κ2) is 5.04. The van der Waals surface area contributed by atoms with Gasteiger partial charge in [-0.05, 0) is 38.5 Å². The van der Waals surface area contributed by atoms with Crippen molar-refractivity contribution in [2.24, 2.45) is 5.92 Å². The van der Waals surface area contributed by atoms with E-state index in [-0.39, 0.29) is 11.8 Å². The monoisotopic (exact) mass is 323 g/mol. The quantitative estimate of drug-likeness (QED) is 0.877. The molecule has 0 bridgehead atoms. The smallest absolute Gasteiger partial charge is 0.230 e. The first kappa shape index (κ1) is 14.4. The molecular weight excluding hydrogens is 309 g/mol. The lowest BCUT2D eigenvalue weighted by Gasteiger charge is -2.12. The van der Waals surface area contributed by atoms with Crippen LogP contribution in [-0.2, 0) is 4.79 Å². The fourth-order valence-electron chi connectivity index (χ4n) is 2.35. The van der Waals surface area contributed by atoms with Gasteiger partial charge in [0.15, 0.2) is 0 Å². The topological polar surface area (TPSA) is 46.9 Å². The maximum absolute atomic E-state index is 12.2. The van der Waals surface area contributed by atoms with E-state index in [1.165, 1.54) is 0 Å². The number of aromatic nitrogens is 2. The van der Waals surface area contributed by atoms with Gasteiger partial charge in [0.2, 0.25) is 5.91 Å². The van der Waals surface area contributed by atoms with E-state index in [1.807, 2.05) is 48.9 Å². The molecule has 0 spiro atoms. The average Bonchev–Trinajstić information content (AvgIpc) is 2.92. The summed E-state index contributed by atoms with van der Waals surface area (Å²) in [6.07, 6.45) is 0.490. The van der Waals surface area contributed by atoms with E-state index in [0.717, 1.165) is 17.1 Å². The Bertz CT molecular complexity index is 709. The molecule has 1 heterocycles. The molecular formula is C15H15Cl2N3O. The number of para-hydroxylation sites is 2.